The van der Waals surface area contributed by atoms with Crippen molar-refractivity contribution in [3.8, 4) is 55.6 Å². The minimum absolute atomic E-state index is 0.879. The molecule has 0 unspecified atom stereocenters. The largest absolute Gasteiger partial charge is 0.456 e. The van der Waals surface area contributed by atoms with Crippen LogP contribution in [0.25, 0.3) is 99.1 Å². The summed E-state index contributed by atoms with van der Waals surface area (Å²) >= 11 is 0. The molecule has 0 aliphatic heterocycles. The summed E-state index contributed by atoms with van der Waals surface area (Å²) in [5, 5.41) is 7.24. The highest BCUT2D eigenvalue weighted by atomic mass is 16.3. The normalized spacial score (nSPS) is 11.4. The molecule has 1 aromatic heterocycles. The van der Waals surface area contributed by atoms with Gasteiger partial charge in [-0.1, -0.05) is 200 Å². The molecule has 0 bridgehead atoms. The number of anilines is 3. The third-order valence-electron chi connectivity index (χ3n) is 12.7. The van der Waals surface area contributed by atoms with Crippen molar-refractivity contribution in [2.75, 3.05) is 4.90 Å². The Kier molecular flexibility index (Phi) is 9.20. The average Bonchev–Trinajstić information content (AvgIpc) is 3.76. The zero-order chi connectivity index (χ0) is 42.4. The number of furan rings is 1. The summed E-state index contributed by atoms with van der Waals surface area (Å²) in [7, 11) is 0. The van der Waals surface area contributed by atoms with E-state index in [0.29, 0.717) is 0 Å². The number of rotatable bonds is 8. The Labute approximate surface area is 372 Å². The summed E-state index contributed by atoms with van der Waals surface area (Å²) in [5.41, 5.74) is 16.8. The van der Waals surface area contributed by atoms with Gasteiger partial charge in [-0.25, -0.2) is 0 Å². The first-order chi connectivity index (χ1) is 31.7. The Morgan fingerprint density at radius 1 is 0.266 bits per heavy atom. The third-order valence-corrected chi connectivity index (χ3v) is 12.7. The Bertz CT molecular complexity index is 3660. The van der Waals surface area contributed by atoms with Gasteiger partial charge in [0.05, 0.1) is 5.69 Å². The predicted octanol–water partition coefficient (Wildman–Crippen LogP) is 17.7. The van der Waals surface area contributed by atoms with Crippen molar-refractivity contribution in [2.24, 2.45) is 0 Å². The van der Waals surface area contributed by atoms with Crippen LogP contribution in [0.4, 0.5) is 17.1 Å². The summed E-state index contributed by atoms with van der Waals surface area (Å²) in [6.07, 6.45) is 0. The van der Waals surface area contributed by atoms with Gasteiger partial charge in [0.25, 0.3) is 0 Å². The van der Waals surface area contributed by atoms with E-state index >= 15 is 0 Å². The maximum Gasteiger partial charge on any atom is 0.136 e. The molecule has 0 aliphatic carbocycles. The van der Waals surface area contributed by atoms with Gasteiger partial charge >= 0.3 is 0 Å². The van der Waals surface area contributed by atoms with Gasteiger partial charge in [-0.3, -0.25) is 0 Å². The lowest BCUT2D eigenvalue weighted by molar-refractivity contribution is 0.669. The maximum absolute atomic E-state index is 6.41. The molecular formula is C62H41NO. The molecule has 2 nitrogen and oxygen atoms in total. The fourth-order valence-electron chi connectivity index (χ4n) is 9.61. The van der Waals surface area contributed by atoms with Crippen molar-refractivity contribution in [2.45, 2.75) is 0 Å². The fourth-order valence-corrected chi connectivity index (χ4v) is 9.61. The van der Waals surface area contributed by atoms with Crippen molar-refractivity contribution in [3.05, 3.63) is 249 Å². The number of hydrogen-bond acceptors (Lipinski definition) is 2. The van der Waals surface area contributed by atoms with E-state index in [9.17, 15) is 0 Å². The van der Waals surface area contributed by atoms with Crippen molar-refractivity contribution in [3.63, 3.8) is 0 Å². The molecule has 64 heavy (non-hydrogen) atoms. The Hall–Kier alpha value is -8.46. The molecule has 0 radical (unpaired) electrons. The first-order valence-electron chi connectivity index (χ1n) is 21.9. The smallest absolute Gasteiger partial charge is 0.136 e. The zero-order valence-electron chi connectivity index (χ0n) is 35.0. The second-order valence-electron chi connectivity index (χ2n) is 16.4. The summed E-state index contributed by atoms with van der Waals surface area (Å²) in [5.74, 6) is 0. The van der Waals surface area contributed by atoms with Crippen molar-refractivity contribution < 1.29 is 4.42 Å². The Balaban J connectivity index is 0.975. The molecule has 0 N–H and O–H groups in total. The molecule has 0 aliphatic rings. The summed E-state index contributed by atoms with van der Waals surface area (Å²) < 4.78 is 6.41. The average molecular weight is 816 g/mol. The molecule has 12 rings (SSSR count). The second kappa shape index (κ2) is 15.8. The van der Waals surface area contributed by atoms with Gasteiger partial charge in [0.15, 0.2) is 0 Å². The van der Waals surface area contributed by atoms with Crippen molar-refractivity contribution in [1.29, 1.82) is 0 Å². The first-order valence-corrected chi connectivity index (χ1v) is 21.9. The first kappa shape index (κ1) is 37.3. The monoisotopic (exact) mass is 815 g/mol. The highest BCUT2D eigenvalue weighted by molar-refractivity contribution is 6.14. The number of benzene rings is 11. The minimum Gasteiger partial charge on any atom is -0.456 e. The quantitative estimate of drug-likeness (QED) is 0.152. The van der Waals surface area contributed by atoms with Gasteiger partial charge in [0, 0.05) is 27.7 Å². The Morgan fingerprint density at radius 3 is 1.50 bits per heavy atom. The van der Waals surface area contributed by atoms with E-state index in [0.717, 1.165) is 66.8 Å². The summed E-state index contributed by atoms with van der Waals surface area (Å²) in [6, 6.07) is 89.7. The van der Waals surface area contributed by atoms with Crippen LogP contribution >= 0.6 is 0 Å². The third kappa shape index (κ3) is 6.61. The van der Waals surface area contributed by atoms with Crippen LogP contribution in [-0.2, 0) is 0 Å². The molecule has 12 aromatic rings. The van der Waals surface area contributed by atoms with E-state index in [-0.39, 0.29) is 0 Å². The summed E-state index contributed by atoms with van der Waals surface area (Å²) in [6.45, 7) is 0. The highest BCUT2D eigenvalue weighted by Gasteiger charge is 2.21. The van der Waals surface area contributed by atoms with E-state index in [2.05, 4.69) is 248 Å². The lowest BCUT2D eigenvalue weighted by Crippen LogP contribution is -2.11. The van der Waals surface area contributed by atoms with E-state index < -0.39 is 0 Å². The minimum atomic E-state index is 0.879. The van der Waals surface area contributed by atoms with Crippen LogP contribution in [0.1, 0.15) is 0 Å². The highest BCUT2D eigenvalue weighted by Crippen LogP contribution is 2.46. The molecule has 0 spiro atoms. The predicted molar refractivity (Wildman–Crippen MR) is 271 cm³/mol. The van der Waals surface area contributed by atoms with E-state index in [1.807, 2.05) is 6.07 Å². The van der Waals surface area contributed by atoms with Gasteiger partial charge < -0.3 is 9.32 Å². The summed E-state index contributed by atoms with van der Waals surface area (Å²) in [4.78, 5) is 2.40. The topological polar surface area (TPSA) is 16.4 Å². The van der Waals surface area contributed by atoms with Crippen molar-refractivity contribution in [1.82, 2.24) is 0 Å². The maximum atomic E-state index is 6.41. The zero-order valence-corrected chi connectivity index (χ0v) is 35.0. The van der Waals surface area contributed by atoms with Crippen LogP contribution in [0, 0.1) is 0 Å². The van der Waals surface area contributed by atoms with Gasteiger partial charge in [-0.2, -0.15) is 0 Å². The molecular weight excluding hydrogens is 775 g/mol. The number of fused-ring (bicyclic) bond motifs is 5. The number of para-hydroxylation sites is 2. The SMILES string of the molecule is c1cc(-c2cccc(N(c3ccc(-c4ccc(-c5cccc6ccccc56)cc4)cc3)c3ccccc3-c3cccc4oc5ccccc5c34)c2)cc(-c2cccc3ccccc23)c1. The molecule has 2 heteroatoms. The van der Waals surface area contributed by atoms with Gasteiger partial charge in [-0.15, -0.1) is 0 Å². The number of nitrogens with zero attached hydrogens (tertiary/aromatic N) is 1. The lowest BCUT2D eigenvalue weighted by atomic mass is 9.94. The Morgan fingerprint density at radius 2 is 0.750 bits per heavy atom. The molecule has 11 aromatic carbocycles. The van der Waals surface area contributed by atoms with Crippen LogP contribution in [-0.4, -0.2) is 0 Å². The van der Waals surface area contributed by atoms with E-state index in [1.54, 1.807) is 0 Å². The van der Waals surface area contributed by atoms with Crippen LogP contribution in [0.15, 0.2) is 253 Å². The molecule has 0 saturated heterocycles. The van der Waals surface area contributed by atoms with Gasteiger partial charge in [0.1, 0.15) is 11.2 Å². The molecule has 0 amide bonds. The van der Waals surface area contributed by atoms with Crippen LogP contribution in [0.5, 0.6) is 0 Å². The molecule has 0 fully saturated rings. The molecule has 0 saturated carbocycles. The van der Waals surface area contributed by atoms with E-state index in [1.165, 1.54) is 49.4 Å². The van der Waals surface area contributed by atoms with Crippen LogP contribution < -0.4 is 4.90 Å². The molecule has 300 valence electrons. The van der Waals surface area contributed by atoms with Crippen molar-refractivity contribution >= 4 is 60.5 Å². The molecule has 1 heterocycles. The lowest BCUT2D eigenvalue weighted by Gasteiger charge is -2.28. The van der Waals surface area contributed by atoms with Gasteiger partial charge in [-0.05, 0) is 120 Å². The second-order valence-corrected chi connectivity index (χ2v) is 16.4. The number of hydrogen-bond donors (Lipinski definition) is 0. The van der Waals surface area contributed by atoms with Crippen LogP contribution in [0.2, 0.25) is 0 Å². The van der Waals surface area contributed by atoms with Gasteiger partial charge in [0.2, 0.25) is 0 Å². The fraction of sp³-hybridized carbons (Fsp3) is 0. The molecule has 0 atom stereocenters. The standard InChI is InChI=1S/C62H41NO/c1-3-22-52-44(14-1)16-11-26-54(52)46-34-32-42(33-35-46)43-36-38-50(39-37-43)63(59-29-7-5-24-56(59)57-28-13-31-61-62(57)58-25-6-8-30-60(58)64-61)51-21-10-19-48(41-51)47-18-9-20-49(40-47)55-27-12-17-45-15-2-4-23-53(45)55/h1-41H. The van der Waals surface area contributed by atoms with Crippen LogP contribution in [0.3, 0.4) is 0 Å². The van der Waals surface area contributed by atoms with E-state index in [4.69, 9.17) is 4.42 Å².